The zero-order valence-electron chi connectivity index (χ0n) is 35.3. The maximum Gasteiger partial charge on any atom is 0.450 e. The number of hydrogen-bond donors (Lipinski definition) is 0. The average molecular weight is 847 g/mol. The Morgan fingerprint density at radius 1 is 0.409 bits per heavy atom. The smallest absolute Gasteiger partial charge is 0.323 e. The van der Waals surface area contributed by atoms with Crippen LogP contribution in [0.15, 0.2) is 200 Å². The summed E-state index contributed by atoms with van der Waals surface area (Å²) in [4.78, 5) is 22.1. The van der Waals surface area contributed by atoms with Gasteiger partial charge < -0.3 is 14.4 Å². The van der Waals surface area contributed by atoms with E-state index in [9.17, 15) is 0 Å². The third-order valence-electron chi connectivity index (χ3n) is 14.6. The monoisotopic (exact) mass is 846 g/mol. The molecule has 0 bridgehead atoms. The van der Waals surface area contributed by atoms with Gasteiger partial charge in [-0.25, -0.2) is 0 Å². The zero-order valence-corrected chi connectivity index (χ0v) is 35.3. The van der Waals surface area contributed by atoms with E-state index in [1.807, 2.05) is 0 Å². The average Bonchev–Trinajstić information content (AvgIpc) is 4.03. The molecular weight excluding hydrogens is 811 g/mol. The van der Waals surface area contributed by atoms with Crippen LogP contribution in [-0.4, -0.2) is 48.7 Å². The van der Waals surface area contributed by atoms with Crippen LogP contribution in [0.1, 0.15) is 17.2 Å². The minimum atomic E-state index is -0.0924. The van der Waals surface area contributed by atoms with Gasteiger partial charge in [-0.05, 0) is 77.9 Å². The van der Waals surface area contributed by atoms with E-state index in [1.54, 1.807) is 0 Å². The van der Waals surface area contributed by atoms with Crippen molar-refractivity contribution in [3.05, 3.63) is 211 Å². The number of para-hydroxylation sites is 8. The highest BCUT2D eigenvalue weighted by molar-refractivity contribution is 6.23. The van der Waals surface area contributed by atoms with E-state index >= 15 is 0 Å². The first-order valence-electron chi connectivity index (χ1n) is 22.7. The summed E-state index contributed by atoms with van der Waals surface area (Å²) in [5.74, 6) is 1.65. The second-order valence-corrected chi connectivity index (χ2v) is 17.8. The third kappa shape index (κ3) is 4.25. The first kappa shape index (κ1) is 34.6. The van der Waals surface area contributed by atoms with Crippen molar-refractivity contribution < 1.29 is 0 Å². The van der Waals surface area contributed by atoms with Crippen LogP contribution >= 0.6 is 0 Å². The van der Waals surface area contributed by atoms with Crippen molar-refractivity contribution >= 4 is 108 Å². The van der Waals surface area contributed by atoms with Crippen molar-refractivity contribution in [3.8, 4) is 0 Å². The predicted molar refractivity (Wildman–Crippen MR) is 268 cm³/mol. The number of anilines is 4. The molecule has 0 fully saturated rings. The lowest BCUT2D eigenvalue weighted by Crippen LogP contribution is -2.44. The molecule has 8 aromatic rings. The van der Waals surface area contributed by atoms with Crippen LogP contribution in [0.2, 0.25) is 0 Å². The highest BCUT2D eigenvalue weighted by atomic mass is 15.4. The minimum absolute atomic E-state index is 0.0693. The van der Waals surface area contributed by atoms with E-state index in [4.69, 9.17) is 15.0 Å². The van der Waals surface area contributed by atoms with Crippen LogP contribution in [0, 0.1) is 0 Å². The van der Waals surface area contributed by atoms with Gasteiger partial charge in [-0.2, -0.15) is 13.7 Å². The lowest BCUT2D eigenvalue weighted by atomic mass is 9.92. The minimum Gasteiger partial charge on any atom is -0.323 e. The molecule has 0 saturated carbocycles. The summed E-state index contributed by atoms with van der Waals surface area (Å²) < 4.78 is 9.37. The number of benzene rings is 6. The van der Waals surface area contributed by atoms with Crippen molar-refractivity contribution in [1.82, 2.24) is 33.2 Å². The molecule has 0 spiro atoms. The number of allylic oxidation sites excluding steroid dienone is 8. The van der Waals surface area contributed by atoms with Gasteiger partial charge in [0.2, 0.25) is 0 Å². The van der Waals surface area contributed by atoms with Crippen molar-refractivity contribution in [2.24, 2.45) is 0 Å². The van der Waals surface area contributed by atoms with Gasteiger partial charge in [0.1, 0.15) is 52.3 Å². The Hall–Kier alpha value is -8.82. The fourth-order valence-electron chi connectivity index (χ4n) is 12.2. The van der Waals surface area contributed by atoms with Crippen molar-refractivity contribution in [2.75, 3.05) is 9.80 Å². The molecule has 5 aliphatic heterocycles. The van der Waals surface area contributed by atoms with E-state index in [0.717, 1.165) is 51.1 Å². The lowest BCUT2D eigenvalue weighted by Gasteiger charge is -2.36. The van der Waals surface area contributed by atoms with Crippen LogP contribution in [0.5, 0.6) is 0 Å². The van der Waals surface area contributed by atoms with E-state index < -0.39 is 0 Å². The zero-order chi connectivity index (χ0) is 42.8. The normalized spacial score (nSPS) is 20.6. The van der Waals surface area contributed by atoms with Gasteiger partial charge in [0.05, 0.1) is 22.4 Å². The molecule has 16 rings (SSSR count). The van der Waals surface area contributed by atoms with Crippen LogP contribution in [0.3, 0.4) is 0 Å². The van der Waals surface area contributed by atoms with Crippen LogP contribution in [0.4, 0.5) is 57.7 Å². The van der Waals surface area contributed by atoms with Crippen molar-refractivity contribution in [2.45, 2.75) is 18.1 Å². The SMILES string of the molecule is C1=CC2=[N+](c3nc([N+]4=C5C=CC=C6c7ccccc7N(c7ccccc74)C65)nc([N+]4=C5C=CC=CC5n5c6ccccc6c6cccc4c65)n3)c3ccccc3N3c4ccccc4C(=C1)C23. The Morgan fingerprint density at radius 3 is 1.52 bits per heavy atom. The molecule has 0 radical (unpaired) electrons. The summed E-state index contributed by atoms with van der Waals surface area (Å²) in [6, 6.07) is 50.0. The van der Waals surface area contributed by atoms with Crippen molar-refractivity contribution in [1.29, 1.82) is 0 Å². The summed E-state index contributed by atoms with van der Waals surface area (Å²) in [5.41, 5.74) is 18.3. The maximum absolute atomic E-state index is 5.70. The fraction of sp³-hybridized carbons (Fsp3) is 0.0526. The molecule has 0 amide bonds. The van der Waals surface area contributed by atoms with Gasteiger partial charge in [0.15, 0.2) is 0 Å². The topological polar surface area (TPSA) is 59.1 Å². The highest BCUT2D eigenvalue weighted by Crippen LogP contribution is 2.54. The molecular formula is C57H36N9+3. The molecule has 7 heterocycles. The molecule has 8 aliphatic rings. The molecule has 3 unspecified atom stereocenters. The summed E-state index contributed by atoms with van der Waals surface area (Å²) >= 11 is 0. The van der Waals surface area contributed by atoms with Gasteiger partial charge in [0.25, 0.3) is 0 Å². The fourth-order valence-corrected chi connectivity index (χ4v) is 12.2. The van der Waals surface area contributed by atoms with Gasteiger partial charge >= 0.3 is 17.8 Å². The first-order chi connectivity index (χ1) is 32.8. The second kappa shape index (κ2) is 12.5. The number of nitrogens with zero attached hydrogens (tertiary/aromatic N) is 9. The number of aromatic nitrogens is 4. The number of rotatable bonds is 3. The van der Waals surface area contributed by atoms with Gasteiger partial charge in [-0.3, -0.25) is 0 Å². The summed E-state index contributed by atoms with van der Waals surface area (Å²) in [6.07, 6.45) is 22.2. The summed E-state index contributed by atoms with van der Waals surface area (Å²) in [5, 5.41) is 2.43. The van der Waals surface area contributed by atoms with Gasteiger partial charge in [0, 0.05) is 48.2 Å². The van der Waals surface area contributed by atoms with Gasteiger partial charge in [-0.15, -0.1) is 0 Å². The lowest BCUT2D eigenvalue weighted by molar-refractivity contribution is 0.755. The maximum atomic E-state index is 5.70. The van der Waals surface area contributed by atoms with Crippen molar-refractivity contribution in [3.63, 3.8) is 0 Å². The summed E-state index contributed by atoms with van der Waals surface area (Å²) in [7, 11) is 0. The number of fused-ring (bicyclic) bond motifs is 15. The Bertz CT molecular complexity index is 3760. The Morgan fingerprint density at radius 2 is 0.894 bits per heavy atom. The largest absolute Gasteiger partial charge is 0.450 e. The second-order valence-electron chi connectivity index (χ2n) is 17.8. The van der Waals surface area contributed by atoms with Gasteiger partial charge in [-0.1, -0.05) is 134 Å². The van der Waals surface area contributed by atoms with Crippen LogP contribution in [-0.2, 0) is 0 Å². The Balaban J connectivity index is 1.02. The molecule has 66 heavy (non-hydrogen) atoms. The van der Waals surface area contributed by atoms with E-state index in [1.165, 1.54) is 49.9 Å². The highest BCUT2D eigenvalue weighted by Gasteiger charge is 2.50. The molecule has 306 valence electrons. The molecule has 9 heteroatoms. The molecule has 0 N–H and O–H groups in total. The van der Waals surface area contributed by atoms with E-state index in [2.05, 4.69) is 228 Å². The summed E-state index contributed by atoms with van der Waals surface area (Å²) in [6.45, 7) is 0. The molecule has 3 aliphatic carbocycles. The third-order valence-corrected chi connectivity index (χ3v) is 14.6. The quantitative estimate of drug-likeness (QED) is 0.166. The predicted octanol–water partition coefficient (Wildman–Crippen LogP) is 11.5. The first-order valence-corrected chi connectivity index (χ1v) is 22.7. The number of hydrogen-bond acceptors (Lipinski definition) is 5. The van der Waals surface area contributed by atoms with E-state index in [-0.39, 0.29) is 18.1 Å². The molecule has 0 saturated heterocycles. The molecule has 6 aromatic carbocycles. The molecule has 9 nitrogen and oxygen atoms in total. The van der Waals surface area contributed by atoms with Crippen LogP contribution < -0.4 is 23.5 Å². The molecule has 2 aromatic heterocycles. The van der Waals surface area contributed by atoms with Crippen LogP contribution in [0.25, 0.3) is 33.0 Å². The molecule has 3 atom stereocenters. The van der Waals surface area contributed by atoms with E-state index in [0.29, 0.717) is 17.8 Å². The standard InChI is InChI=1S/C57H36N9/c1-4-22-40-34(16-1)37-19-13-31-49-52(37)61(40)43-25-7-10-28-46(43)64(49)55-58-56(65-47-29-11-8-26-44(47)62-41-23-5-2-17-35(41)38-20-14-32-50(65)53(38)62)60-57(59-55)66-48-30-12-9-27-45(48)63-42-24-6-3-18-36(42)39-21-15-33-51(66)54(39)63/h1-33,43,53-54H/q+3. The Kier molecular flexibility index (Phi) is 6.54. The Labute approximate surface area is 378 Å².